The minimum Gasteiger partial charge on any atom is -0.380 e. The van der Waals surface area contributed by atoms with Gasteiger partial charge in [-0.2, -0.15) is 5.10 Å². The van der Waals surface area contributed by atoms with E-state index >= 15 is 0 Å². The van der Waals surface area contributed by atoms with Crippen LogP contribution in [0.15, 0.2) is 36.9 Å². The number of carbonyl (C=O) groups is 1. The van der Waals surface area contributed by atoms with Crippen LogP contribution in [0.2, 0.25) is 0 Å². The van der Waals surface area contributed by atoms with Crippen LogP contribution in [0.25, 0.3) is 15.7 Å². The summed E-state index contributed by atoms with van der Waals surface area (Å²) in [7, 11) is 3.54. The molecule has 0 saturated heterocycles. The van der Waals surface area contributed by atoms with Gasteiger partial charge in [0.2, 0.25) is 5.91 Å². The van der Waals surface area contributed by atoms with Gasteiger partial charge < -0.3 is 15.0 Å². The molecule has 8 nitrogen and oxygen atoms in total. The molecule has 0 aliphatic heterocycles. The Morgan fingerprint density at radius 2 is 2.28 bits per heavy atom. The summed E-state index contributed by atoms with van der Waals surface area (Å²) in [5.74, 6) is 1.00. The van der Waals surface area contributed by atoms with E-state index in [0.717, 1.165) is 46.5 Å². The lowest BCUT2D eigenvalue weighted by atomic mass is 9.87. The van der Waals surface area contributed by atoms with Gasteiger partial charge in [0.1, 0.15) is 17.0 Å². The van der Waals surface area contributed by atoms with Crippen LogP contribution in [0.4, 0.5) is 11.5 Å². The van der Waals surface area contributed by atoms with Crippen LogP contribution in [0.5, 0.6) is 0 Å². The van der Waals surface area contributed by atoms with Crippen molar-refractivity contribution in [3.8, 4) is 0 Å². The number of anilines is 2. The van der Waals surface area contributed by atoms with Crippen molar-refractivity contribution in [1.82, 2.24) is 24.5 Å². The number of nitrogens with zero attached hydrogens (tertiary/aromatic N) is 5. The molecule has 0 fully saturated rings. The number of likely N-dealkylation sites (N-methyl/N-ethyl adjacent to an activating group) is 1. The number of methoxy groups -OCH3 is 1. The van der Waals surface area contributed by atoms with Crippen LogP contribution >= 0.6 is 11.3 Å². The second-order valence-corrected chi connectivity index (χ2v) is 9.44. The Bertz CT molecular complexity index is 1280. The smallest absolute Gasteiger partial charge is 0.225 e. The van der Waals surface area contributed by atoms with E-state index in [1.165, 1.54) is 10.4 Å². The topological polar surface area (TPSA) is 84.6 Å². The number of nitrogens with one attached hydrogen (secondary N) is 1. The van der Waals surface area contributed by atoms with Gasteiger partial charge in [-0.3, -0.25) is 4.79 Å². The first kappa shape index (κ1) is 20.8. The number of pyridine rings is 1. The number of aromatic nitrogens is 4. The minimum atomic E-state index is -0.00161. The van der Waals surface area contributed by atoms with Crippen LogP contribution in [0, 0.1) is 5.92 Å². The predicted octanol–water partition coefficient (Wildman–Crippen LogP) is 3.68. The van der Waals surface area contributed by atoms with E-state index in [4.69, 9.17) is 4.74 Å². The third-order valence-electron chi connectivity index (χ3n) is 6.17. The summed E-state index contributed by atoms with van der Waals surface area (Å²) >= 11 is 1.68. The lowest BCUT2D eigenvalue weighted by molar-refractivity contribution is -0.135. The van der Waals surface area contributed by atoms with Gasteiger partial charge >= 0.3 is 0 Å². The molecule has 1 N–H and O–H groups in total. The summed E-state index contributed by atoms with van der Waals surface area (Å²) in [5.41, 5.74) is 3.24. The first-order chi connectivity index (χ1) is 15.5. The summed E-state index contributed by atoms with van der Waals surface area (Å²) in [6, 6.07) is 6.00. The van der Waals surface area contributed by atoms with E-state index in [-0.39, 0.29) is 17.9 Å². The van der Waals surface area contributed by atoms with Crippen LogP contribution in [-0.4, -0.2) is 57.2 Å². The fraction of sp³-hybridized carbons (Fsp3) is 0.391. The molecule has 4 heterocycles. The molecule has 1 aliphatic carbocycles. The molecule has 2 atom stereocenters. The summed E-state index contributed by atoms with van der Waals surface area (Å²) in [4.78, 5) is 26.1. The Morgan fingerprint density at radius 1 is 1.41 bits per heavy atom. The highest BCUT2D eigenvalue weighted by molar-refractivity contribution is 7.19. The van der Waals surface area contributed by atoms with Crippen molar-refractivity contribution < 1.29 is 9.53 Å². The molecule has 0 spiro atoms. The van der Waals surface area contributed by atoms with Gasteiger partial charge in [-0.05, 0) is 49.9 Å². The lowest BCUT2D eigenvalue weighted by Gasteiger charge is -2.28. The number of hydrogen-bond acceptors (Lipinski definition) is 7. The molecule has 0 aromatic carbocycles. The fourth-order valence-corrected chi connectivity index (χ4v) is 5.68. The third kappa shape index (κ3) is 3.82. The second-order valence-electron chi connectivity index (χ2n) is 8.35. The maximum absolute atomic E-state index is 13.0. The molecule has 0 bridgehead atoms. The second kappa shape index (κ2) is 8.48. The molecule has 5 rings (SSSR count). The van der Waals surface area contributed by atoms with E-state index in [0.29, 0.717) is 6.54 Å². The molecular weight excluding hydrogens is 424 g/mol. The molecule has 166 valence electrons. The van der Waals surface area contributed by atoms with Crippen molar-refractivity contribution in [2.24, 2.45) is 5.92 Å². The molecule has 4 aromatic rings. The third-order valence-corrected chi connectivity index (χ3v) is 7.33. The Balaban J connectivity index is 1.40. The zero-order valence-electron chi connectivity index (χ0n) is 18.4. The first-order valence-corrected chi connectivity index (χ1v) is 11.6. The number of thiophene rings is 1. The molecule has 0 radical (unpaired) electrons. The molecule has 4 aromatic heterocycles. The summed E-state index contributed by atoms with van der Waals surface area (Å²) < 4.78 is 7.14. The molecule has 32 heavy (non-hydrogen) atoms. The Morgan fingerprint density at radius 3 is 3.12 bits per heavy atom. The maximum atomic E-state index is 13.0. The van der Waals surface area contributed by atoms with Gasteiger partial charge in [0.05, 0.1) is 17.0 Å². The van der Waals surface area contributed by atoms with Crippen molar-refractivity contribution in [2.45, 2.75) is 32.3 Å². The largest absolute Gasteiger partial charge is 0.380 e. The standard InChI is InChI=1S/C23H26N6O2S/c1-14(31-3)12-28(2)23(30)15-4-5-18-19(10-15)32-22-20(18)21(24-13-25-22)27-16-7-9-29-17(11-16)6-8-26-29/h6-9,11,13-15H,4-5,10,12H2,1-3H3,(H,24,25,27)/t14-,15?/m1/s1. The van der Waals surface area contributed by atoms with Crippen molar-refractivity contribution >= 4 is 44.5 Å². The maximum Gasteiger partial charge on any atom is 0.225 e. The number of fused-ring (bicyclic) bond motifs is 4. The molecular formula is C23H26N6O2S. The number of hydrogen-bond donors (Lipinski definition) is 1. The quantitative estimate of drug-likeness (QED) is 0.482. The van der Waals surface area contributed by atoms with E-state index in [2.05, 4.69) is 20.4 Å². The zero-order valence-corrected chi connectivity index (χ0v) is 19.2. The van der Waals surface area contributed by atoms with Crippen LogP contribution in [-0.2, 0) is 22.4 Å². The normalized spacial score (nSPS) is 16.8. The predicted molar refractivity (Wildman–Crippen MR) is 126 cm³/mol. The van der Waals surface area contributed by atoms with Gasteiger partial charge in [0.15, 0.2) is 0 Å². The van der Waals surface area contributed by atoms with Crippen LogP contribution < -0.4 is 5.32 Å². The zero-order chi connectivity index (χ0) is 22.2. The highest BCUT2D eigenvalue weighted by atomic mass is 32.1. The van der Waals surface area contributed by atoms with Crippen LogP contribution in [0.3, 0.4) is 0 Å². The lowest BCUT2D eigenvalue weighted by Crippen LogP contribution is -2.39. The number of carbonyl (C=O) groups excluding carboxylic acids is 1. The molecule has 1 amide bonds. The first-order valence-electron chi connectivity index (χ1n) is 10.8. The van der Waals surface area contributed by atoms with Crippen molar-refractivity contribution in [3.05, 3.63) is 47.4 Å². The molecule has 0 saturated carbocycles. The Hall–Kier alpha value is -3.04. The van der Waals surface area contributed by atoms with Crippen LogP contribution in [0.1, 0.15) is 23.8 Å². The summed E-state index contributed by atoms with van der Waals surface area (Å²) in [5, 5.41) is 8.79. The van der Waals surface area contributed by atoms with Gasteiger partial charge in [0.25, 0.3) is 0 Å². The SMILES string of the molecule is CO[C@H](C)CN(C)C(=O)C1CCc2c(sc3ncnc(Nc4ccn5nccc5c4)c23)C1. The Kier molecular flexibility index (Phi) is 5.52. The highest BCUT2D eigenvalue weighted by Crippen LogP contribution is 2.40. The average Bonchev–Trinajstić information content (AvgIpc) is 3.42. The van der Waals surface area contributed by atoms with Crippen molar-refractivity contribution in [1.29, 1.82) is 0 Å². The molecule has 1 unspecified atom stereocenters. The van der Waals surface area contributed by atoms with Gasteiger partial charge in [-0.15, -0.1) is 11.3 Å². The van der Waals surface area contributed by atoms with Crippen molar-refractivity contribution in [2.75, 3.05) is 26.0 Å². The van der Waals surface area contributed by atoms with E-state index in [9.17, 15) is 4.79 Å². The molecule has 1 aliphatic rings. The van der Waals surface area contributed by atoms with E-state index < -0.39 is 0 Å². The highest BCUT2D eigenvalue weighted by Gasteiger charge is 2.31. The fourth-order valence-electron chi connectivity index (χ4n) is 4.41. The van der Waals surface area contributed by atoms with E-state index in [1.54, 1.807) is 35.9 Å². The average molecular weight is 451 g/mol. The van der Waals surface area contributed by atoms with E-state index in [1.807, 2.05) is 42.9 Å². The minimum absolute atomic E-state index is 0.00161. The summed E-state index contributed by atoms with van der Waals surface area (Å²) in [6.45, 7) is 2.58. The van der Waals surface area contributed by atoms with Crippen molar-refractivity contribution in [3.63, 3.8) is 0 Å². The van der Waals surface area contributed by atoms with Gasteiger partial charge in [0, 0.05) is 49.6 Å². The number of rotatable bonds is 6. The number of ether oxygens (including phenoxy) is 1. The number of aryl methyl sites for hydroxylation is 1. The Labute approximate surface area is 190 Å². The summed E-state index contributed by atoms with van der Waals surface area (Å²) in [6.07, 6.45) is 7.77. The van der Waals surface area contributed by atoms with Gasteiger partial charge in [-0.25, -0.2) is 14.5 Å². The van der Waals surface area contributed by atoms with Gasteiger partial charge in [-0.1, -0.05) is 0 Å². The molecule has 9 heteroatoms. The monoisotopic (exact) mass is 450 g/mol. The number of amides is 1.